The number of ether oxygens (including phenoxy) is 1. The lowest BCUT2D eigenvalue weighted by molar-refractivity contribution is 0.0774. The molecule has 1 aromatic heterocycles. The summed E-state index contributed by atoms with van der Waals surface area (Å²) in [5.41, 5.74) is 2.06. The summed E-state index contributed by atoms with van der Waals surface area (Å²) < 4.78 is 20.9. The predicted molar refractivity (Wildman–Crippen MR) is 115 cm³/mol. The standard InChI is InChI=1S/C20H17BrCl2FN3O2/c1-26(10-11-4-5-18(29-3)13(21)6-11)20(28)17-9-16(25-27(17)2)19-14(22)7-12(24)8-15(19)23/h4-9H,10H2,1-3H3. The van der Waals surface area contributed by atoms with Crippen LogP contribution in [0.5, 0.6) is 5.75 Å². The van der Waals surface area contributed by atoms with Crippen LogP contribution in [0.2, 0.25) is 10.0 Å². The quantitative estimate of drug-likeness (QED) is 0.459. The second kappa shape index (κ2) is 8.73. The van der Waals surface area contributed by atoms with Gasteiger partial charge in [0.25, 0.3) is 5.91 Å². The van der Waals surface area contributed by atoms with E-state index in [1.807, 2.05) is 18.2 Å². The van der Waals surface area contributed by atoms with Gasteiger partial charge in [0.05, 0.1) is 27.3 Å². The van der Waals surface area contributed by atoms with Gasteiger partial charge < -0.3 is 9.64 Å². The fourth-order valence-electron chi connectivity index (χ4n) is 2.93. The molecule has 0 N–H and O–H groups in total. The average molecular weight is 501 g/mol. The summed E-state index contributed by atoms with van der Waals surface area (Å²) in [6, 6.07) is 9.53. The van der Waals surface area contributed by atoms with Crippen LogP contribution < -0.4 is 4.74 Å². The molecular formula is C20H17BrCl2FN3O2. The van der Waals surface area contributed by atoms with Crippen molar-refractivity contribution in [1.29, 1.82) is 0 Å². The van der Waals surface area contributed by atoms with Gasteiger partial charge in [0, 0.05) is 26.2 Å². The number of rotatable bonds is 5. The molecule has 0 saturated carbocycles. The van der Waals surface area contributed by atoms with Crippen LogP contribution in [0.15, 0.2) is 40.9 Å². The number of methoxy groups -OCH3 is 1. The summed E-state index contributed by atoms with van der Waals surface area (Å²) in [6.45, 7) is 0.389. The molecule has 0 fully saturated rings. The molecule has 3 aromatic rings. The summed E-state index contributed by atoms with van der Waals surface area (Å²) in [4.78, 5) is 14.5. The molecule has 5 nitrogen and oxygen atoms in total. The maximum atomic E-state index is 13.5. The van der Waals surface area contributed by atoms with E-state index < -0.39 is 5.82 Å². The number of halogens is 4. The predicted octanol–water partition coefficient (Wildman–Crippen LogP) is 5.58. The minimum Gasteiger partial charge on any atom is -0.496 e. The second-order valence-corrected chi connectivity index (χ2v) is 8.08. The topological polar surface area (TPSA) is 47.4 Å². The first-order valence-electron chi connectivity index (χ1n) is 8.48. The Morgan fingerprint density at radius 1 is 1.24 bits per heavy atom. The zero-order chi connectivity index (χ0) is 21.3. The van der Waals surface area contributed by atoms with Crippen LogP contribution in [0.25, 0.3) is 11.3 Å². The third kappa shape index (κ3) is 4.57. The second-order valence-electron chi connectivity index (χ2n) is 6.41. The first-order valence-corrected chi connectivity index (χ1v) is 10.0. The van der Waals surface area contributed by atoms with E-state index in [9.17, 15) is 9.18 Å². The first-order chi connectivity index (χ1) is 13.7. The zero-order valence-electron chi connectivity index (χ0n) is 15.8. The Labute approximate surface area is 186 Å². The number of benzene rings is 2. The Balaban J connectivity index is 1.86. The number of aromatic nitrogens is 2. The van der Waals surface area contributed by atoms with Crippen molar-refractivity contribution in [2.24, 2.45) is 7.05 Å². The molecule has 0 unspecified atom stereocenters. The highest BCUT2D eigenvalue weighted by Crippen LogP contribution is 2.35. The third-order valence-corrected chi connectivity index (χ3v) is 5.56. The van der Waals surface area contributed by atoms with Gasteiger partial charge in [0.1, 0.15) is 17.3 Å². The van der Waals surface area contributed by atoms with E-state index >= 15 is 0 Å². The Hall–Kier alpha value is -2.09. The van der Waals surface area contributed by atoms with Crippen molar-refractivity contribution in [3.63, 3.8) is 0 Å². The fraction of sp³-hybridized carbons (Fsp3) is 0.200. The van der Waals surface area contributed by atoms with Crippen molar-refractivity contribution in [1.82, 2.24) is 14.7 Å². The van der Waals surface area contributed by atoms with Crippen molar-refractivity contribution in [3.05, 3.63) is 68.0 Å². The maximum absolute atomic E-state index is 13.5. The van der Waals surface area contributed by atoms with Gasteiger partial charge in [-0.2, -0.15) is 5.10 Å². The Morgan fingerprint density at radius 3 is 2.48 bits per heavy atom. The number of amides is 1. The molecule has 29 heavy (non-hydrogen) atoms. The molecule has 0 aliphatic carbocycles. The van der Waals surface area contributed by atoms with E-state index in [0.29, 0.717) is 29.2 Å². The highest BCUT2D eigenvalue weighted by molar-refractivity contribution is 9.10. The van der Waals surface area contributed by atoms with Crippen molar-refractivity contribution >= 4 is 45.0 Å². The minimum atomic E-state index is -0.540. The molecule has 1 heterocycles. The first kappa shape index (κ1) is 21.6. The summed E-state index contributed by atoms with van der Waals surface area (Å²) in [5.74, 6) is -0.0547. The SMILES string of the molecule is COc1ccc(CN(C)C(=O)c2cc(-c3c(Cl)cc(F)cc3Cl)nn2C)cc1Br. The van der Waals surface area contributed by atoms with Gasteiger partial charge in [-0.05, 0) is 51.8 Å². The Bertz CT molecular complexity index is 1060. The summed E-state index contributed by atoms with van der Waals surface area (Å²) in [5, 5.41) is 4.59. The molecule has 0 atom stereocenters. The molecule has 152 valence electrons. The van der Waals surface area contributed by atoms with Crippen LogP contribution in [-0.2, 0) is 13.6 Å². The van der Waals surface area contributed by atoms with Crippen LogP contribution in [0.3, 0.4) is 0 Å². The number of carbonyl (C=O) groups excluding carboxylic acids is 1. The summed E-state index contributed by atoms with van der Waals surface area (Å²) in [7, 11) is 4.94. The number of aryl methyl sites for hydroxylation is 1. The lowest BCUT2D eigenvalue weighted by Gasteiger charge is -2.17. The molecule has 0 radical (unpaired) electrons. The van der Waals surface area contributed by atoms with E-state index in [4.69, 9.17) is 27.9 Å². The monoisotopic (exact) mass is 499 g/mol. The van der Waals surface area contributed by atoms with Crippen LogP contribution in [0.1, 0.15) is 16.1 Å². The Morgan fingerprint density at radius 2 is 1.90 bits per heavy atom. The highest BCUT2D eigenvalue weighted by atomic mass is 79.9. The molecule has 0 aliphatic rings. The van der Waals surface area contributed by atoms with Crippen molar-refractivity contribution in [3.8, 4) is 17.0 Å². The minimum absolute atomic E-state index is 0.128. The zero-order valence-corrected chi connectivity index (χ0v) is 18.9. The summed E-state index contributed by atoms with van der Waals surface area (Å²) >= 11 is 15.7. The molecular weight excluding hydrogens is 484 g/mol. The van der Waals surface area contributed by atoms with Crippen LogP contribution >= 0.6 is 39.1 Å². The lowest BCUT2D eigenvalue weighted by atomic mass is 10.1. The number of nitrogens with zero attached hydrogens (tertiary/aromatic N) is 3. The molecule has 3 rings (SSSR count). The molecule has 9 heteroatoms. The third-order valence-electron chi connectivity index (χ3n) is 4.34. The van der Waals surface area contributed by atoms with Crippen LogP contribution in [0.4, 0.5) is 4.39 Å². The van der Waals surface area contributed by atoms with Gasteiger partial charge in [0.2, 0.25) is 0 Å². The molecule has 0 bridgehead atoms. The van der Waals surface area contributed by atoms with Gasteiger partial charge in [0.15, 0.2) is 0 Å². The largest absolute Gasteiger partial charge is 0.496 e. The number of carbonyl (C=O) groups is 1. The molecule has 0 saturated heterocycles. The normalized spacial score (nSPS) is 10.9. The van der Waals surface area contributed by atoms with Crippen LogP contribution in [-0.4, -0.2) is 34.7 Å². The molecule has 2 aromatic carbocycles. The van der Waals surface area contributed by atoms with Gasteiger partial charge in [-0.25, -0.2) is 4.39 Å². The van der Waals surface area contributed by atoms with Gasteiger partial charge in [-0.15, -0.1) is 0 Å². The van der Waals surface area contributed by atoms with Crippen molar-refractivity contribution in [2.75, 3.05) is 14.2 Å². The number of hydrogen-bond acceptors (Lipinski definition) is 3. The lowest BCUT2D eigenvalue weighted by Crippen LogP contribution is -2.28. The summed E-state index contributed by atoms with van der Waals surface area (Å²) in [6.07, 6.45) is 0. The van der Waals surface area contributed by atoms with Crippen LogP contribution in [0, 0.1) is 5.82 Å². The van der Waals surface area contributed by atoms with E-state index in [0.717, 1.165) is 22.2 Å². The van der Waals surface area contributed by atoms with Gasteiger partial charge >= 0.3 is 0 Å². The van der Waals surface area contributed by atoms with Crippen molar-refractivity contribution in [2.45, 2.75) is 6.54 Å². The Kier molecular flexibility index (Phi) is 6.51. The average Bonchev–Trinajstić information content (AvgIpc) is 3.01. The fourth-order valence-corrected chi connectivity index (χ4v) is 4.17. The molecule has 1 amide bonds. The van der Waals surface area contributed by atoms with E-state index in [1.54, 1.807) is 32.2 Å². The van der Waals surface area contributed by atoms with E-state index in [-0.39, 0.29) is 16.0 Å². The molecule has 0 spiro atoms. The maximum Gasteiger partial charge on any atom is 0.272 e. The smallest absolute Gasteiger partial charge is 0.272 e. The van der Waals surface area contributed by atoms with Gasteiger partial charge in [-0.3, -0.25) is 9.48 Å². The van der Waals surface area contributed by atoms with E-state index in [2.05, 4.69) is 21.0 Å². The number of hydrogen-bond donors (Lipinski definition) is 0. The highest BCUT2D eigenvalue weighted by Gasteiger charge is 2.21. The van der Waals surface area contributed by atoms with Crippen molar-refractivity contribution < 1.29 is 13.9 Å². The van der Waals surface area contributed by atoms with Gasteiger partial charge in [-0.1, -0.05) is 29.3 Å². The molecule has 0 aliphatic heterocycles. The van der Waals surface area contributed by atoms with E-state index in [1.165, 1.54) is 4.68 Å².